The number of morpholine rings is 1. The molecule has 0 radical (unpaired) electrons. The minimum Gasteiger partial charge on any atom is -0.379 e. The Morgan fingerprint density at radius 3 is 2.85 bits per heavy atom. The van der Waals surface area contributed by atoms with Crippen LogP contribution in [0, 0.1) is 0 Å². The predicted octanol–water partition coefficient (Wildman–Crippen LogP) is 1.25. The molecule has 1 aromatic heterocycles. The number of piperidine rings is 1. The summed E-state index contributed by atoms with van der Waals surface area (Å²) in [6.45, 7) is 4.88. The van der Waals surface area contributed by atoms with Crippen molar-refractivity contribution in [2.75, 3.05) is 39.4 Å². The number of rotatable bonds is 3. The molecule has 0 aliphatic carbocycles. The highest BCUT2D eigenvalue weighted by Crippen LogP contribution is 2.20. The zero-order valence-electron chi connectivity index (χ0n) is 14.8. The van der Waals surface area contributed by atoms with Crippen LogP contribution in [0.4, 0.5) is 0 Å². The molecular weight excluding hydrogens is 332 g/mol. The van der Waals surface area contributed by atoms with Gasteiger partial charge < -0.3 is 14.6 Å². The van der Waals surface area contributed by atoms with Gasteiger partial charge in [-0.25, -0.2) is 4.98 Å². The van der Waals surface area contributed by atoms with Crippen molar-refractivity contribution >= 4 is 16.8 Å². The molecule has 2 aromatic rings. The van der Waals surface area contributed by atoms with Gasteiger partial charge in [-0.15, -0.1) is 0 Å². The summed E-state index contributed by atoms with van der Waals surface area (Å²) in [4.78, 5) is 36.7. The van der Waals surface area contributed by atoms with Gasteiger partial charge >= 0.3 is 0 Å². The molecule has 7 nitrogen and oxygen atoms in total. The van der Waals surface area contributed by atoms with E-state index in [0.717, 1.165) is 52.1 Å². The topological polar surface area (TPSA) is 78.5 Å². The number of nitrogens with zero attached hydrogens (tertiary/aromatic N) is 3. The molecule has 0 spiro atoms. The summed E-state index contributed by atoms with van der Waals surface area (Å²) in [6, 6.07) is 7.26. The molecule has 0 unspecified atom stereocenters. The summed E-state index contributed by atoms with van der Waals surface area (Å²) in [5.74, 6) is -0.0339. The molecule has 1 atom stereocenters. The molecule has 2 aliphatic rings. The second-order valence-electron chi connectivity index (χ2n) is 6.99. The highest BCUT2D eigenvalue weighted by molar-refractivity contribution is 5.92. The van der Waals surface area contributed by atoms with Gasteiger partial charge in [0.05, 0.1) is 24.1 Å². The van der Waals surface area contributed by atoms with Gasteiger partial charge in [-0.1, -0.05) is 12.1 Å². The third-order valence-electron chi connectivity index (χ3n) is 5.28. The molecule has 1 N–H and O–H groups in total. The first-order chi connectivity index (χ1) is 12.7. The van der Waals surface area contributed by atoms with Gasteiger partial charge in [0.15, 0.2) is 5.82 Å². The van der Waals surface area contributed by atoms with E-state index in [1.165, 1.54) is 0 Å². The van der Waals surface area contributed by atoms with E-state index in [-0.39, 0.29) is 23.3 Å². The van der Waals surface area contributed by atoms with E-state index in [1.54, 1.807) is 18.2 Å². The van der Waals surface area contributed by atoms with E-state index in [9.17, 15) is 9.59 Å². The number of fused-ring (bicyclic) bond motifs is 1. The van der Waals surface area contributed by atoms with Crippen LogP contribution in [0.15, 0.2) is 29.1 Å². The van der Waals surface area contributed by atoms with E-state index >= 15 is 0 Å². The van der Waals surface area contributed by atoms with Crippen LogP contribution in [0.1, 0.15) is 29.9 Å². The van der Waals surface area contributed by atoms with Crippen LogP contribution in [0.5, 0.6) is 0 Å². The molecule has 138 valence electrons. The van der Waals surface area contributed by atoms with Crippen molar-refractivity contribution in [3.63, 3.8) is 0 Å². The van der Waals surface area contributed by atoms with Gasteiger partial charge in [0, 0.05) is 32.2 Å². The third kappa shape index (κ3) is 3.50. The van der Waals surface area contributed by atoms with Crippen molar-refractivity contribution in [3.05, 3.63) is 40.4 Å². The number of hydrogen-bond acceptors (Lipinski definition) is 5. The lowest BCUT2D eigenvalue weighted by molar-refractivity contribution is 0.0163. The second kappa shape index (κ2) is 7.55. The van der Waals surface area contributed by atoms with Gasteiger partial charge in [0.2, 0.25) is 0 Å². The van der Waals surface area contributed by atoms with Crippen molar-refractivity contribution in [2.45, 2.75) is 25.3 Å². The first-order valence-electron chi connectivity index (χ1n) is 9.32. The average Bonchev–Trinajstić information content (AvgIpc) is 2.69. The van der Waals surface area contributed by atoms with E-state index < -0.39 is 0 Å². The number of aromatic nitrogens is 2. The van der Waals surface area contributed by atoms with Crippen LogP contribution in [-0.2, 0) is 4.74 Å². The number of amides is 1. The first kappa shape index (κ1) is 17.2. The monoisotopic (exact) mass is 356 g/mol. The Balaban J connectivity index is 1.57. The molecule has 7 heteroatoms. The zero-order chi connectivity index (χ0) is 17.9. The molecule has 1 aromatic carbocycles. The second-order valence-corrected chi connectivity index (χ2v) is 6.99. The summed E-state index contributed by atoms with van der Waals surface area (Å²) in [7, 11) is 0. The highest BCUT2D eigenvalue weighted by Gasteiger charge is 2.30. The standard InChI is InChI=1S/C19H24N4O3/c24-18-15-6-1-2-7-16(15)20-17(21-18)19(25)23-8-4-3-5-14(23)13-22-9-11-26-12-10-22/h1-2,6-7,14H,3-5,8-13H2,(H,20,21,24)/t14-/m1/s1. The van der Waals surface area contributed by atoms with Crippen LogP contribution in [-0.4, -0.2) is 71.1 Å². The Morgan fingerprint density at radius 2 is 2.00 bits per heavy atom. The number of H-pyrrole nitrogens is 1. The van der Waals surface area contributed by atoms with Gasteiger partial charge in [0.25, 0.3) is 11.5 Å². The Hall–Kier alpha value is -2.25. The summed E-state index contributed by atoms with van der Waals surface area (Å²) in [5, 5.41) is 0.507. The summed E-state index contributed by atoms with van der Waals surface area (Å²) >= 11 is 0. The predicted molar refractivity (Wildman–Crippen MR) is 98.3 cm³/mol. The number of nitrogens with one attached hydrogen (secondary N) is 1. The summed E-state index contributed by atoms with van der Waals surface area (Å²) < 4.78 is 5.41. The smallest absolute Gasteiger partial charge is 0.290 e. The number of para-hydroxylation sites is 1. The van der Waals surface area contributed by atoms with Gasteiger partial charge in [0.1, 0.15) is 0 Å². The van der Waals surface area contributed by atoms with Crippen molar-refractivity contribution in [1.29, 1.82) is 0 Å². The van der Waals surface area contributed by atoms with Crippen LogP contribution in [0.2, 0.25) is 0 Å². The molecule has 1 amide bonds. The van der Waals surface area contributed by atoms with Gasteiger partial charge in [-0.2, -0.15) is 0 Å². The lowest BCUT2D eigenvalue weighted by Crippen LogP contribution is -2.51. The lowest BCUT2D eigenvalue weighted by atomic mass is 10.0. The number of likely N-dealkylation sites (tertiary alicyclic amines) is 1. The number of hydrogen-bond donors (Lipinski definition) is 1. The highest BCUT2D eigenvalue weighted by atomic mass is 16.5. The fraction of sp³-hybridized carbons (Fsp3) is 0.526. The third-order valence-corrected chi connectivity index (χ3v) is 5.28. The number of aromatic amines is 1. The quantitative estimate of drug-likeness (QED) is 0.895. The maximum Gasteiger partial charge on any atom is 0.290 e. The minimum atomic E-state index is -0.263. The largest absolute Gasteiger partial charge is 0.379 e. The molecule has 0 bridgehead atoms. The fourth-order valence-corrected chi connectivity index (χ4v) is 3.86. The lowest BCUT2D eigenvalue weighted by Gasteiger charge is -2.39. The Labute approximate surface area is 152 Å². The molecule has 2 aliphatic heterocycles. The number of carbonyl (C=O) groups is 1. The average molecular weight is 356 g/mol. The molecule has 2 saturated heterocycles. The van der Waals surface area contributed by atoms with E-state index in [1.807, 2.05) is 11.0 Å². The van der Waals surface area contributed by atoms with E-state index in [2.05, 4.69) is 14.9 Å². The van der Waals surface area contributed by atoms with Crippen LogP contribution in [0.25, 0.3) is 10.9 Å². The number of ether oxygens (including phenoxy) is 1. The molecular formula is C19H24N4O3. The SMILES string of the molecule is O=C(c1nc2ccccc2c(=O)[nH]1)N1CCCC[C@@H]1CN1CCOCC1. The van der Waals surface area contributed by atoms with E-state index in [4.69, 9.17) is 4.74 Å². The minimum absolute atomic E-state index is 0.141. The van der Waals surface area contributed by atoms with Crippen molar-refractivity contribution in [1.82, 2.24) is 19.8 Å². The number of benzene rings is 1. The van der Waals surface area contributed by atoms with Gasteiger partial charge in [-0.3, -0.25) is 14.5 Å². The Morgan fingerprint density at radius 1 is 1.19 bits per heavy atom. The van der Waals surface area contributed by atoms with Gasteiger partial charge in [-0.05, 0) is 31.4 Å². The molecule has 0 saturated carbocycles. The Bertz CT molecular complexity index is 844. The zero-order valence-corrected chi connectivity index (χ0v) is 14.8. The Kier molecular flexibility index (Phi) is 4.99. The maximum atomic E-state index is 13.1. The van der Waals surface area contributed by atoms with E-state index in [0.29, 0.717) is 17.4 Å². The fourth-order valence-electron chi connectivity index (χ4n) is 3.86. The molecule has 2 fully saturated rings. The normalized spacial score (nSPS) is 21.8. The maximum absolute atomic E-state index is 13.1. The summed E-state index contributed by atoms with van der Waals surface area (Å²) in [6.07, 6.45) is 3.10. The van der Waals surface area contributed by atoms with Crippen LogP contribution < -0.4 is 5.56 Å². The van der Waals surface area contributed by atoms with Crippen molar-refractivity contribution < 1.29 is 9.53 Å². The van der Waals surface area contributed by atoms with Crippen molar-refractivity contribution in [2.24, 2.45) is 0 Å². The van der Waals surface area contributed by atoms with Crippen LogP contribution >= 0.6 is 0 Å². The molecule has 4 rings (SSSR count). The number of carbonyl (C=O) groups excluding carboxylic acids is 1. The molecule has 26 heavy (non-hydrogen) atoms. The van der Waals surface area contributed by atoms with Crippen molar-refractivity contribution in [3.8, 4) is 0 Å². The first-order valence-corrected chi connectivity index (χ1v) is 9.32. The van der Waals surface area contributed by atoms with Crippen LogP contribution in [0.3, 0.4) is 0 Å². The summed E-state index contributed by atoms with van der Waals surface area (Å²) in [5.41, 5.74) is 0.294. The molecule has 3 heterocycles.